The van der Waals surface area contributed by atoms with Crippen LogP contribution in [-0.4, -0.2) is 42.5 Å². The molecule has 0 bridgehead atoms. The number of carbonyl (C=O) groups excluding carboxylic acids is 1. The summed E-state index contributed by atoms with van der Waals surface area (Å²) in [5.41, 5.74) is 0. The standard InChI is InChI=1S/C17H23N3O2S/c1-19(2)15(16-6-3-9-22-16)11-18-17(21)20(13-7-8-13)12-14-5-4-10-23-14/h3-6,9-10,13,15H,7-8,11-12H2,1-2H3,(H,18,21)/t15-/m1/s1. The zero-order chi connectivity index (χ0) is 16.2. The fourth-order valence-corrected chi connectivity index (χ4v) is 3.33. The molecule has 6 heteroatoms. The van der Waals surface area contributed by atoms with E-state index in [-0.39, 0.29) is 12.1 Å². The molecule has 0 aliphatic heterocycles. The fourth-order valence-electron chi connectivity index (χ4n) is 2.63. The van der Waals surface area contributed by atoms with Gasteiger partial charge in [-0.2, -0.15) is 0 Å². The van der Waals surface area contributed by atoms with Crippen LogP contribution in [0, 0.1) is 0 Å². The van der Waals surface area contributed by atoms with Gasteiger partial charge in [0, 0.05) is 17.5 Å². The summed E-state index contributed by atoms with van der Waals surface area (Å²) in [4.78, 5) is 17.9. The Bertz CT molecular complexity index is 606. The Labute approximate surface area is 140 Å². The summed E-state index contributed by atoms with van der Waals surface area (Å²) in [6.07, 6.45) is 3.88. The minimum atomic E-state index is 0.0132. The number of furan rings is 1. The molecule has 2 heterocycles. The van der Waals surface area contributed by atoms with Gasteiger partial charge >= 0.3 is 6.03 Å². The molecule has 2 aromatic heterocycles. The Morgan fingerprint density at radius 1 is 1.39 bits per heavy atom. The summed E-state index contributed by atoms with van der Waals surface area (Å²) >= 11 is 1.70. The van der Waals surface area contributed by atoms with Crippen LogP contribution in [0.2, 0.25) is 0 Å². The highest BCUT2D eigenvalue weighted by Gasteiger charge is 2.33. The molecule has 23 heavy (non-hydrogen) atoms. The van der Waals surface area contributed by atoms with Gasteiger partial charge in [-0.1, -0.05) is 6.07 Å². The van der Waals surface area contributed by atoms with Crippen molar-refractivity contribution in [3.8, 4) is 0 Å². The van der Waals surface area contributed by atoms with Crippen molar-refractivity contribution in [1.29, 1.82) is 0 Å². The van der Waals surface area contributed by atoms with E-state index in [4.69, 9.17) is 4.42 Å². The molecule has 2 amide bonds. The minimum Gasteiger partial charge on any atom is -0.468 e. The summed E-state index contributed by atoms with van der Waals surface area (Å²) in [5, 5.41) is 5.13. The van der Waals surface area contributed by atoms with E-state index in [1.165, 1.54) is 4.88 Å². The van der Waals surface area contributed by atoms with Crippen molar-refractivity contribution in [2.75, 3.05) is 20.6 Å². The molecule has 3 rings (SSSR count). The lowest BCUT2D eigenvalue weighted by Crippen LogP contribution is -2.43. The van der Waals surface area contributed by atoms with Crippen molar-refractivity contribution >= 4 is 17.4 Å². The fraction of sp³-hybridized carbons (Fsp3) is 0.471. The third-order valence-corrected chi connectivity index (χ3v) is 4.96. The predicted molar refractivity (Wildman–Crippen MR) is 91.4 cm³/mol. The molecular formula is C17H23N3O2S. The maximum Gasteiger partial charge on any atom is 0.318 e. The Kier molecular flexibility index (Phi) is 5.03. The number of hydrogen-bond acceptors (Lipinski definition) is 4. The van der Waals surface area contributed by atoms with Crippen molar-refractivity contribution < 1.29 is 9.21 Å². The molecule has 2 aromatic rings. The van der Waals surface area contributed by atoms with Gasteiger partial charge < -0.3 is 14.6 Å². The number of hydrogen-bond donors (Lipinski definition) is 1. The number of nitrogens with one attached hydrogen (secondary N) is 1. The molecule has 1 aliphatic rings. The molecule has 0 spiro atoms. The number of thiophene rings is 1. The predicted octanol–water partition coefficient (Wildman–Crippen LogP) is 3.32. The Morgan fingerprint density at radius 3 is 2.78 bits per heavy atom. The Hall–Kier alpha value is -1.79. The molecule has 124 valence electrons. The van der Waals surface area contributed by atoms with Gasteiger partial charge in [-0.3, -0.25) is 4.90 Å². The Morgan fingerprint density at radius 2 is 2.22 bits per heavy atom. The largest absolute Gasteiger partial charge is 0.468 e. The van der Waals surface area contributed by atoms with Crippen molar-refractivity contribution in [3.63, 3.8) is 0 Å². The molecule has 1 atom stereocenters. The first-order valence-electron chi connectivity index (χ1n) is 7.92. The number of urea groups is 1. The molecule has 1 N–H and O–H groups in total. The lowest BCUT2D eigenvalue weighted by atomic mass is 10.2. The highest BCUT2D eigenvalue weighted by Crippen LogP contribution is 2.29. The monoisotopic (exact) mass is 333 g/mol. The first kappa shape index (κ1) is 16.1. The van der Waals surface area contributed by atoms with Gasteiger partial charge in [0.2, 0.25) is 0 Å². The zero-order valence-electron chi connectivity index (χ0n) is 13.6. The van der Waals surface area contributed by atoms with Crippen molar-refractivity contribution in [2.45, 2.75) is 31.5 Å². The van der Waals surface area contributed by atoms with Crippen LogP contribution in [0.25, 0.3) is 0 Å². The lowest BCUT2D eigenvalue weighted by Gasteiger charge is -2.26. The van der Waals surface area contributed by atoms with Crippen LogP contribution in [0.4, 0.5) is 4.79 Å². The first-order valence-corrected chi connectivity index (χ1v) is 8.80. The zero-order valence-corrected chi connectivity index (χ0v) is 14.4. The molecule has 5 nitrogen and oxygen atoms in total. The molecule has 1 aliphatic carbocycles. The smallest absolute Gasteiger partial charge is 0.318 e. The second-order valence-electron chi connectivity index (χ2n) is 6.12. The maximum atomic E-state index is 12.6. The highest BCUT2D eigenvalue weighted by molar-refractivity contribution is 7.09. The minimum absolute atomic E-state index is 0.0132. The van der Waals surface area contributed by atoms with E-state index in [1.54, 1.807) is 17.6 Å². The second kappa shape index (κ2) is 7.19. The van der Waals surface area contributed by atoms with E-state index in [0.717, 1.165) is 18.6 Å². The van der Waals surface area contributed by atoms with E-state index in [2.05, 4.69) is 21.7 Å². The third kappa shape index (κ3) is 4.14. The number of amides is 2. The van der Waals surface area contributed by atoms with Gasteiger partial charge in [-0.05, 0) is 50.5 Å². The van der Waals surface area contributed by atoms with Gasteiger partial charge in [0.05, 0.1) is 18.8 Å². The maximum absolute atomic E-state index is 12.6. The molecule has 0 aromatic carbocycles. The third-order valence-electron chi connectivity index (χ3n) is 4.10. The topological polar surface area (TPSA) is 48.7 Å². The van der Waals surface area contributed by atoms with Gasteiger partial charge in [0.25, 0.3) is 0 Å². The molecule has 1 fully saturated rings. The average molecular weight is 333 g/mol. The Balaban J connectivity index is 1.60. The van der Waals surface area contributed by atoms with Gasteiger partial charge in [-0.25, -0.2) is 4.79 Å². The van der Waals surface area contributed by atoms with Crippen molar-refractivity contribution in [2.24, 2.45) is 0 Å². The van der Waals surface area contributed by atoms with Crippen molar-refractivity contribution in [1.82, 2.24) is 15.1 Å². The van der Waals surface area contributed by atoms with E-state index in [0.29, 0.717) is 19.1 Å². The summed E-state index contributed by atoms with van der Waals surface area (Å²) < 4.78 is 5.49. The summed E-state index contributed by atoms with van der Waals surface area (Å²) in [7, 11) is 3.98. The summed E-state index contributed by atoms with van der Waals surface area (Å²) in [6.45, 7) is 1.23. The van der Waals surface area contributed by atoms with Crippen LogP contribution in [0.5, 0.6) is 0 Å². The highest BCUT2D eigenvalue weighted by atomic mass is 32.1. The van der Waals surface area contributed by atoms with Crippen LogP contribution >= 0.6 is 11.3 Å². The van der Waals surface area contributed by atoms with E-state index < -0.39 is 0 Å². The lowest BCUT2D eigenvalue weighted by molar-refractivity contribution is 0.184. The van der Waals surface area contributed by atoms with E-state index in [1.807, 2.05) is 37.2 Å². The van der Waals surface area contributed by atoms with E-state index in [9.17, 15) is 4.79 Å². The first-order chi connectivity index (χ1) is 11.1. The van der Waals surface area contributed by atoms with Gasteiger partial charge in [-0.15, -0.1) is 11.3 Å². The molecule has 0 saturated heterocycles. The van der Waals surface area contributed by atoms with Crippen LogP contribution in [-0.2, 0) is 6.54 Å². The summed E-state index contributed by atoms with van der Waals surface area (Å²) in [5.74, 6) is 0.867. The number of nitrogens with zero attached hydrogens (tertiary/aromatic N) is 2. The van der Waals surface area contributed by atoms with Gasteiger partial charge in [0.1, 0.15) is 5.76 Å². The molecule has 0 radical (unpaired) electrons. The average Bonchev–Trinajstić information content (AvgIpc) is 3.01. The van der Waals surface area contributed by atoms with E-state index >= 15 is 0 Å². The number of carbonyl (C=O) groups is 1. The molecule has 0 unspecified atom stereocenters. The second-order valence-corrected chi connectivity index (χ2v) is 7.15. The summed E-state index contributed by atoms with van der Waals surface area (Å²) in [6, 6.07) is 8.37. The number of likely N-dealkylation sites (N-methyl/N-ethyl adjacent to an activating group) is 1. The van der Waals surface area contributed by atoms with Crippen molar-refractivity contribution in [3.05, 3.63) is 46.5 Å². The quantitative estimate of drug-likeness (QED) is 0.845. The number of rotatable bonds is 7. The van der Waals surface area contributed by atoms with Crippen LogP contribution in [0.15, 0.2) is 40.3 Å². The normalized spacial score (nSPS) is 15.6. The van der Waals surface area contributed by atoms with Crippen LogP contribution in [0.3, 0.4) is 0 Å². The van der Waals surface area contributed by atoms with Crippen LogP contribution < -0.4 is 5.32 Å². The van der Waals surface area contributed by atoms with Crippen LogP contribution in [0.1, 0.15) is 29.5 Å². The molecule has 1 saturated carbocycles. The van der Waals surface area contributed by atoms with Gasteiger partial charge in [0.15, 0.2) is 0 Å². The molecular weight excluding hydrogens is 310 g/mol. The SMILES string of the molecule is CN(C)[C@H](CNC(=O)N(Cc1cccs1)C1CC1)c1ccco1.